The Labute approximate surface area is 125 Å². The van der Waals surface area contributed by atoms with Crippen molar-refractivity contribution < 1.29 is 9.90 Å². The van der Waals surface area contributed by atoms with Crippen molar-refractivity contribution in [2.24, 2.45) is 5.73 Å². The molecule has 2 aromatic heterocycles. The Hall–Kier alpha value is -1.99. The Morgan fingerprint density at radius 3 is 2.65 bits per heavy atom. The van der Waals surface area contributed by atoms with Crippen molar-refractivity contribution >= 4 is 23.0 Å². The molecule has 1 unspecified atom stereocenters. The van der Waals surface area contributed by atoms with Crippen LogP contribution in [-0.2, 0) is 11.2 Å². The summed E-state index contributed by atoms with van der Waals surface area (Å²) in [5.41, 5.74) is 7.21. The van der Waals surface area contributed by atoms with Crippen molar-refractivity contribution in [2.45, 2.75) is 12.5 Å². The first kappa shape index (κ1) is 16.1. The van der Waals surface area contributed by atoms with Gasteiger partial charge in [0.2, 0.25) is 5.56 Å². The molecule has 6 nitrogen and oxygen atoms in total. The molecule has 0 amide bonds. The van der Waals surface area contributed by atoms with Gasteiger partial charge in [0.05, 0.1) is 11.4 Å². The number of carboxylic acid groups (broad SMARTS) is 1. The van der Waals surface area contributed by atoms with Gasteiger partial charge in [-0.3, -0.25) is 14.6 Å². The zero-order chi connectivity index (χ0) is 13.8. The van der Waals surface area contributed by atoms with Gasteiger partial charge in [0.1, 0.15) is 6.04 Å². The van der Waals surface area contributed by atoms with E-state index in [1.165, 1.54) is 6.07 Å². The number of aromatic nitrogens is 2. The molecule has 2 rings (SSSR count). The highest BCUT2D eigenvalue weighted by Crippen LogP contribution is 2.13. The lowest BCUT2D eigenvalue weighted by molar-refractivity contribution is -0.138. The second-order valence-corrected chi connectivity index (χ2v) is 4.13. The monoisotopic (exact) mass is 339 g/mol. The summed E-state index contributed by atoms with van der Waals surface area (Å²) in [7, 11) is 0. The van der Waals surface area contributed by atoms with E-state index in [9.17, 15) is 9.59 Å². The lowest BCUT2D eigenvalue weighted by Crippen LogP contribution is -2.32. The quantitative estimate of drug-likeness (QED) is 0.768. The van der Waals surface area contributed by atoms with Crippen LogP contribution in [0.3, 0.4) is 0 Å². The van der Waals surface area contributed by atoms with Crippen LogP contribution >= 0.6 is 17.0 Å². The van der Waals surface area contributed by atoms with Crippen LogP contribution in [0.4, 0.5) is 0 Å². The summed E-state index contributed by atoms with van der Waals surface area (Å²) in [5.74, 6) is -1.04. The highest BCUT2D eigenvalue weighted by Gasteiger charge is 2.12. The minimum Gasteiger partial charge on any atom is -0.480 e. The molecule has 2 aromatic rings. The van der Waals surface area contributed by atoms with Gasteiger partial charge in [0, 0.05) is 12.3 Å². The van der Waals surface area contributed by atoms with Gasteiger partial charge in [-0.15, -0.1) is 17.0 Å². The van der Waals surface area contributed by atoms with Crippen molar-refractivity contribution in [3.8, 4) is 11.4 Å². The number of hydrogen-bond acceptors (Lipinski definition) is 4. The molecular weight excluding hydrogens is 326 g/mol. The Balaban J connectivity index is 0.00000200. The smallest absolute Gasteiger partial charge is 0.320 e. The molecule has 7 heteroatoms. The zero-order valence-corrected chi connectivity index (χ0v) is 12.2. The third kappa shape index (κ3) is 4.01. The largest absolute Gasteiger partial charge is 0.480 e. The number of carbonyl (C=O) groups is 1. The fourth-order valence-corrected chi connectivity index (χ4v) is 1.64. The molecule has 0 fully saturated rings. The van der Waals surface area contributed by atoms with E-state index in [2.05, 4.69) is 9.97 Å². The van der Waals surface area contributed by atoms with Crippen LogP contribution in [0.2, 0.25) is 0 Å². The number of nitrogens with two attached hydrogens (primary N) is 1. The van der Waals surface area contributed by atoms with E-state index in [4.69, 9.17) is 10.8 Å². The van der Waals surface area contributed by atoms with E-state index < -0.39 is 12.0 Å². The highest BCUT2D eigenvalue weighted by molar-refractivity contribution is 8.93. The molecule has 20 heavy (non-hydrogen) atoms. The first-order chi connectivity index (χ1) is 9.06. The summed E-state index contributed by atoms with van der Waals surface area (Å²) in [5, 5.41) is 8.72. The molecule has 2 heterocycles. The van der Waals surface area contributed by atoms with Gasteiger partial charge < -0.3 is 15.8 Å². The number of aliphatic carboxylic acids is 1. The Morgan fingerprint density at radius 1 is 1.35 bits per heavy atom. The minimum absolute atomic E-state index is 0. The van der Waals surface area contributed by atoms with Crippen LogP contribution in [0.25, 0.3) is 11.4 Å². The van der Waals surface area contributed by atoms with Crippen LogP contribution in [0, 0.1) is 0 Å². The van der Waals surface area contributed by atoms with Crippen molar-refractivity contribution in [3.05, 3.63) is 52.4 Å². The molecule has 4 N–H and O–H groups in total. The van der Waals surface area contributed by atoms with Gasteiger partial charge in [-0.05, 0) is 24.1 Å². The summed E-state index contributed by atoms with van der Waals surface area (Å²) in [6.45, 7) is 0. The number of pyridine rings is 2. The van der Waals surface area contributed by atoms with E-state index in [1.54, 1.807) is 30.5 Å². The summed E-state index contributed by atoms with van der Waals surface area (Å²) in [4.78, 5) is 28.7. The van der Waals surface area contributed by atoms with E-state index in [0.29, 0.717) is 11.4 Å². The number of carboxylic acids is 1. The maximum absolute atomic E-state index is 11.2. The van der Waals surface area contributed by atoms with Crippen LogP contribution in [-0.4, -0.2) is 27.1 Å². The first-order valence-corrected chi connectivity index (χ1v) is 5.69. The summed E-state index contributed by atoms with van der Waals surface area (Å²) < 4.78 is 0. The highest BCUT2D eigenvalue weighted by atomic mass is 79.9. The topological polar surface area (TPSA) is 109 Å². The van der Waals surface area contributed by atoms with E-state index in [0.717, 1.165) is 5.56 Å². The second kappa shape index (κ2) is 6.97. The van der Waals surface area contributed by atoms with Crippen molar-refractivity contribution in [2.75, 3.05) is 0 Å². The minimum atomic E-state index is -1.04. The van der Waals surface area contributed by atoms with Crippen LogP contribution in [0.1, 0.15) is 5.56 Å². The number of H-pyrrole nitrogens is 1. The molecule has 0 bridgehead atoms. The third-order valence-corrected chi connectivity index (χ3v) is 2.64. The normalized spacial score (nSPS) is 11.4. The molecule has 0 saturated heterocycles. The summed E-state index contributed by atoms with van der Waals surface area (Å²) >= 11 is 0. The number of halogens is 1. The summed E-state index contributed by atoms with van der Waals surface area (Å²) in [6.07, 6.45) is 1.78. The Bertz CT molecular complexity index is 640. The molecule has 0 aliphatic carbocycles. The standard InChI is InChI=1S/C13H13N3O3.BrH/c14-9(13(18)19)6-8-4-5-10(15-7-8)11-2-1-3-12(17)16-11;/h1-5,7,9H,6,14H2,(H,16,17)(H,18,19);1H. The number of nitrogens with zero attached hydrogens (tertiary/aromatic N) is 1. The van der Waals surface area contributed by atoms with Gasteiger partial charge in [0.15, 0.2) is 0 Å². The average Bonchev–Trinajstić information content (AvgIpc) is 2.39. The van der Waals surface area contributed by atoms with E-state index >= 15 is 0 Å². The number of rotatable bonds is 4. The van der Waals surface area contributed by atoms with Gasteiger partial charge in [-0.1, -0.05) is 12.1 Å². The average molecular weight is 340 g/mol. The lowest BCUT2D eigenvalue weighted by Gasteiger charge is -2.06. The number of aromatic amines is 1. The van der Waals surface area contributed by atoms with Gasteiger partial charge in [-0.25, -0.2) is 0 Å². The summed E-state index contributed by atoms with van der Waals surface area (Å²) in [6, 6.07) is 7.33. The Morgan fingerprint density at radius 2 is 2.10 bits per heavy atom. The molecule has 0 aliphatic rings. The van der Waals surface area contributed by atoms with Crippen LogP contribution < -0.4 is 11.3 Å². The molecule has 0 spiro atoms. The predicted molar refractivity (Wildman–Crippen MR) is 79.9 cm³/mol. The molecule has 1 atom stereocenters. The van der Waals surface area contributed by atoms with Crippen molar-refractivity contribution in [1.29, 1.82) is 0 Å². The molecule has 0 radical (unpaired) electrons. The molecule has 0 aromatic carbocycles. The molecule has 0 saturated carbocycles. The molecular formula is C13H14BrN3O3. The maximum Gasteiger partial charge on any atom is 0.320 e. The van der Waals surface area contributed by atoms with Gasteiger partial charge in [-0.2, -0.15) is 0 Å². The maximum atomic E-state index is 11.2. The zero-order valence-electron chi connectivity index (χ0n) is 10.4. The third-order valence-electron chi connectivity index (χ3n) is 2.64. The fraction of sp³-hybridized carbons (Fsp3) is 0.154. The second-order valence-electron chi connectivity index (χ2n) is 4.13. The van der Waals surface area contributed by atoms with Crippen molar-refractivity contribution in [1.82, 2.24) is 9.97 Å². The number of hydrogen-bond donors (Lipinski definition) is 3. The Kier molecular flexibility index (Phi) is 5.60. The van der Waals surface area contributed by atoms with E-state index in [-0.39, 0.29) is 29.0 Å². The molecule has 0 aliphatic heterocycles. The number of nitrogens with one attached hydrogen (secondary N) is 1. The van der Waals surface area contributed by atoms with Gasteiger partial charge in [0.25, 0.3) is 0 Å². The lowest BCUT2D eigenvalue weighted by atomic mass is 10.1. The SMILES string of the molecule is Br.NC(Cc1ccc(-c2cccc(=O)[nH]2)nc1)C(=O)O. The predicted octanol–water partition coefficient (Wildman–Crippen LogP) is 0.969. The van der Waals surface area contributed by atoms with Gasteiger partial charge >= 0.3 is 5.97 Å². The fourth-order valence-electron chi connectivity index (χ4n) is 1.64. The first-order valence-electron chi connectivity index (χ1n) is 5.69. The van der Waals surface area contributed by atoms with Crippen LogP contribution in [0.15, 0.2) is 41.3 Å². The molecule has 106 valence electrons. The van der Waals surface area contributed by atoms with Crippen molar-refractivity contribution in [3.63, 3.8) is 0 Å². The van der Waals surface area contributed by atoms with Crippen LogP contribution in [0.5, 0.6) is 0 Å². The van der Waals surface area contributed by atoms with E-state index in [1.807, 2.05) is 0 Å².